The van der Waals surface area contributed by atoms with E-state index in [4.69, 9.17) is 0 Å². The van der Waals surface area contributed by atoms with Crippen LogP contribution in [-0.4, -0.2) is 32.3 Å². The SMILES string of the molecule is CCC1CC([Se]c2ccccc2)C(c2ccccc2)N(C(C)=O)C1. The minimum absolute atomic E-state index is 0.205. The van der Waals surface area contributed by atoms with Crippen molar-refractivity contribution >= 4 is 25.3 Å². The zero-order valence-electron chi connectivity index (χ0n) is 14.4. The summed E-state index contributed by atoms with van der Waals surface area (Å²) in [5.74, 6) is 0.820. The maximum absolute atomic E-state index is 12.4. The molecule has 1 heterocycles. The van der Waals surface area contributed by atoms with E-state index in [0.29, 0.717) is 25.7 Å². The molecule has 2 aromatic carbocycles. The van der Waals surface area contributed by atoms with E-state index in [1.807, 2.05) is 0 Å². The molecule has 3 heteroatoms. The van der Waals surface area contributed by atoms with Gasteiger partial charge >= 0.3 is 151 Å². The van der Waals surface area contributed by atoms with Crippen LogP contribution in [0.15, 0.2) is 60.7 Å². The van der Waals surface area contributed by atoms with Crippen LogP contribution in [-0.2, 0) is 4.79 Å². The Kier molecular flexibility index (Phi) is 5.76. The number of rotatable bonds is 4. The van der Waals surface area contributed by atoms with Gasteiger partial charge in [-0.05, 0) is 0 Å². The van der Waals surface area contributed by atoms with Crippen LogP contribution >= 0.6 is 0 Å². The van der Waals surface area contributed by atoms with Gasteiger partial charge in [0.05, 0.1) is 0 Å². The monoisotopic (exact) mass is 387 g/mol. The van der Waals surface area contributed by atoms with Crippen molar-refractivity contribution < 1.29 is 4.79 Å². The summed E-state index contributed by atoms with van der Waals surface area (Å²) in [7, 11) is 0. The van der Waals surface area contributed by atoms with Crippen molar-refractivity contribution in [1.82, 2.24) is 4.90 Å². The van der Waals surface area contributed by atoms with Crippen molar-refractivity contribution in [3.8, 4) is 0 Å². The van der Waals surface area contributed by atoms with Crippen LogP contribution in [0.1, 0.15) is 38.3 Å². The first kappa shape index (κ1) is 17.3. The summed E-state index contributed by atoms with van der Waals surface area (Å²) in [4.78, 5) is 15.0. The molecular formula is C21H25NOSe. The third-order valence-electron chi connectivity index (χ3n) is 4.86. The number of nitrogens with zero attached hydrogens (tertiary/aromatic N) is 1. The van der Waals surface area contributed by atoms with E-state index in [1.54, 1.807) is 6.92 Å². The van der Waals surface area contributed by atoms with Gasteiger partial charge in [-0.3, -0.25) is 0 Å². The molecular weight excluding hydrogens is 361 g/mol. The zero-order chi connectivity index (χ0) is 16.9. The molecule has 0 aliphatic carbocycles. The summed E-state index contributed by atoms with van der Waals surface area (Å²) in [6, 6.07) is 21.6. The molecule has 24 heavy (non-hydrogen) atoms. The number of hydrogen-bond donors (Lipinski definition) is 0. The first-order chi connectivity index (χ1) is 11.7. The van der Waals surface area contributed by atoms with Crippen LogP contribution in [0.5, 0.6) is 0 Å². The Bertz CT molecular complexity index is 658. The van der Waals surface area contributed by atoms with Crippen molar-refractivity contribution in [2.75, 3.05) is 6.54 Å². The number of piperidine rings is 1. The van der Waals surface area contributed by atoms with Crippen LogP contribution in [0.2, 0.25) is 4.82 Å². The Morgan fingerprint density at radius 3 is 2.29 bits per heavy atom. The third kappa shape index (κ3) is 3.91. The van der Waals surface area contributed by atoms with Crippen molar-refractivity contribution in [2.24, 2.45) is 5.92 Å². The average molecular weight is 386 g/mol. The van der Waals surface area contributed by atoms with Crippen LogP contribution in [0.3, 0.4) is 0 Å². The molecule has 2 nitrogen and oxygen atoms in total. The van der Waals surface area contributed by atoms with Gasteiger partial charge in [-0.2, -0.15) is 0 Å². The topological polar surface area (TPSA) is 20.3 Å². The van der Waals surface area contributed by atoms with Crippen LogP contribution in [0.25, 0.3) is 0 Å². The van der Waals surface area contributed by atoms with Gasteiger partial charge in [0.1, 0.15) is 0 Å². The Morgan fingerprint density at radius 1 is 1.08 bits per heavy atom. The predicted molar refractivity (Wildman–Crippen MR) is 101 cm³/mol. The average Bonchev–Trinajstić information content (AvgIpc) is 2.62. The normalized spacial score (nSPS) is 23.9. The van der Waals surface area contributed by atoms with Crippen LogP contribution in [0.4, 0.5) is 0 Å². The van der Waals surface area contributed by atoms with E-state index in [2.05, 4.69) is 72.5 Å². The van der Waals surface area contributed by atoms with Gasteiger partial charge in [0, 0.05) is 0 Å². The summed E-state index contributed by atoms with van der Waals surface area (Å²) in [6.07, 6.45) is 2.36. The molecule has 3 atom stereocenters. The summed E-state index contributed by atoms with van der Waals surface area (Å²) in [6.45, 7) is 4.87. The van der Waals surface area contributed by atoms with Gasteiger partial charge in [-0.1, -0.05) is 0 Å². The molecule has 1 saturated heterocycles. The Morgan fingerprint density at radius 2 is 1.71 bits per heavy atom. The Labute approximate surface area is 151 Å². The Hall–Kier alpha value is -1.57. The summed E-state index contributed by atoms with van der Waals surface area (Å²) >= 11 is 0.364. The predicted octanol–water partition coefficient (Wildman–Crippen LogP) is 3.82. The second-order valence-corrected chi connectivity index (χ2v) is 9.26. The molecule has 1 aliphatic rings. The standard InChI is InChI=1S/C21H25NOSe/c1-3-17-14-20(24-19-12-8-5-9-13-19)21(22(15-17)16(2)23)18-10-6-4-7-11-18/h4-13,17,20-21H,3,14-15H2,1-2H3. The van der Waals surface area contributed by atoms with Gasteiger partial charge in [-0.25, -0.2) is 0 Å². The maximum atomic E-state index is 12.4. The van der Waals surface area contributed by atoms with E-state index < -0.39 is 0 Å². The van der Waals surface area contributed by atoms with Crippen molar-refractivity contribution in [3.05, 3.63) is 66.2 Å². The van der Waals surface area contributed by atoms with Crippen LogP contribution < -0.4 is 4.46 Å². The quantitative estimate of drug-likeness (QED) is 0.732. The molecule has 3 rings (SSSR count). The molecule has 0 spiro atoms. The first-order valence-electron chi connectivity index (χ1n) is 8.73. The summed E-state index contributed by atoms with van der Waals surface area (Å²) < 4.78 is 1.43. The number of likely N-dealkylation sites (tertiary alicyclic amines) is 1. The second kappa shape index (κ2) is 8.00. The van der Waals surface area contributed by atoms with Gasteiger partial charge in [-0.15, -0.1) is 0 Å². The fraction of sp³-hybridized carbons (Fsp3) is 0.381. The number of carbonyl (C=O) groups is 1. The third-order valence-corrected chi connectivity index (χ3v) is 7.58. The number of hydrogen-bond acceptors (Lipinski definition) is 1. The molecule has 0 N–H and O–H groups in total. The molecule has 0 saturated carbocycles. The molecule has 2 aromatic rings. The molecule has 1 amide bonds. The molecule has 0 bridgehead atoms. The van der Waals surface area contributed by atoms with Crippen LogP contribution in [0, 0.1) is 5.92 Å². The van der Waals surface area contributed by atoms with Gasteiger partial charge in [0.25, 0.3) is 0 Å². The molecule has 1 fully saturated rings. The zero-order valence-corrected chi connectivity index (χ0v) is 16.1. The van der Waals surface area contributed by atoms with Gasteiger partial charge < -0.3 is 0 Å². The van der Waals surface area contributed by atoms with E-state index >= 15 is 0 Å². The molecule has 1 aliphatic heterocycles. The number of carbonyl (C=O) groups excluding carboxylic acids is 1. The number of benzene rings is 2. The fourth-order valence-corrected chi connectivity index (χ4v) is 6.65. The minimum atomic E-state index is 0.205. The molecule has 0 aromatic heterocycles. The van der Waals surface area contributed by atoms with Crippen molar-refractivity contribution in [3.63, 3.8) is 0 Å². The number of amides is 1. The molecule has 3 unspecified atom stereocenters. The fourth-order valence-electron chi connectivity index (χ4n) is 3.58. The summed E-state index contributed by atoms with van der Waals surface area (Å²) in [5.41, 5.74) is 1.28. The van der Waals surface area contributed by atoms with E-state index in [9.17, 15) is 4.79 Å². The molecule has 126 valence electrons. The van der Waals surface area contributed by atoms with Gasteiger partial charge in [0.15, 0.2) is 0 Å². The van der Waals surface area contributed by atoms with E-state index in [1.165, 1.54) is 16.4 Å². The van der Waals surface area contributed by atoms with Crippen molar-refractivity contribution in [1.29, 1.82) is 0 Å². The molecule has 0 radical (unpaired) electrons. The van der Waals surface area contributed by atoms with Gasteiger partial charge in [0.2, 0.25) is 0 Å². The Balaban J connectivity index is 1.94. The van der Waals surface area contributed by atoms with E-state index in [-0.39, 0.29) is 11.9 Å². The second-order valence-electron chi connectivity index (χ2n) is 6.51. The summed E-state index contributed by atoms with van der Waals surface area (Å²) in [5, 5.41) is 0. The van der Waals surface area contributed by atoms with Crippen molar-refractivity contribution in [2.45, 2.75) is 37.5 Å². The van der Waals surface area contributed by atoms with E-state index in [0.717, 1.165) is 13.0 Å². The first-order valence-corrected chi connectivity index (χ1v) is 10.6.